The van der Waals surface area contributed by atoms with Crippen LogP contribution in [0, 0.1) is 0 Å². The van der Waals surface area contributed by atoms with E-state index in [-0.39, 0.29) is 11.3 Å². The molecule has 0 fully saturated rings. The van der Waals surface area contributed by atoms with Crippen LogP contribution < -0.4 is 4.74 Å². The number of ether oxygens (including phenoxy) is 1. The quantitative estimate of drug-likeness (QED) is 0.516. The zero-order valence-corrected chi connectivity index (χ0v) is 16.0. The minimum Gasteiger partial charge on any atom is -0.507 e. The largest absolute Gasteiger partial charge is 0.507 e. The van der Waals surface area contributed by atoms with Gasteiger partial charge in [-0.15, -0.1) is 0 Å². The average Bonchev–Trinajstić information content (AvgIpc) is 2.79. The van der Waals surface area contributed by atoms with Gasteiger partial charge in [0.05, 0.1) is 18.2 Å². The van der Waals surface area contributed by atoms with E-state index in [1.165, 1.54) is 25.3 Å². The summed E-state index contributed by atoms with van der Waals surface area (Å²) in [6.07, 6.45) is 0. The first-order valence-corrected chi connectivity index (χ1v) is 9.08. The molecule has 0 bridgehead atoms. The summed E-state index contributed by atoms with van der Waals surface area (Å²) in [7, 11) is 1.52. The molecular formula is C23H17N3O4. The Kier molecular flexibility index (Phi) is 5.09. The number of carbonyl (C=O) groups is 1. The number of hydrogen-bond donors (Lipinski definition) is 2. The fraction of sp³-hybridized carbons (Fsp3) is 0.0435. The van der Waals surface area contributed by atoms with Gasteiger partial charge in [-0.05, 0) is 24.3 Å². The Morgan fingerprint density at radius 2 is 1.40 bits per heavy atom. The lowest BCUT2D eigenvalue weighted by Gasteiger charge is -2.10. The van der Waals surface area contributed by atoms with E-state index < -0.39 is 5.97 Å². The molecule has 2 N–H and O–H groups in total. The van der Waals surface area contributed by atoms with Crippen LogP contribution in [0.5, 0.6) is 11.5 Å². The normalized spacial score (nSPS) is 10.6. The van der Waals surface area contributed by atoms with Crippen molar-refractivity contribution in [2.45, 2.75) is 0 Å². The third-order valence-corrected chi connectivity index (χ3v) is 4.50. The summed E-state index contributed by atoms with van der Waals surface area (Å²) >= 11 is 0. The van der Waals surface area contributed by atoms with Gasteiger partial charge in [0.1, 0.15) is 11.5 Å². The summed E-state index contributed by atoms with van der Waals surface area (Å²) < 4.78 is 5.14. The van der Waals surface area contributed by atoms with Gasteiger partial charge in [0, 0.05) is 17.2 Å². The molecule has 30 heavy (non-hydrogen) atoms. The Labute approximate surface area is 172 Å². The fourth-order valence-corrected chi connectivity index (χ4v) is 2.93. The lowest BCUT2D eigenvalue weighted by molar-refractivity contribution is 0.0697. The van der Waals surface area contributed by atoms with Gasteiger partial charge in [-0.1, -0.05) is 42.5 Å². The molecule has 4 rings (SSSR count). The van der Waals surface area contributed by atoms with Crippen LogP contribution in [0.25, 0.3) is 34.2 Å². The van der Waals surface area contributed by atoms with Gasteiger partial charge in [-0.3, -0.25) is 0 Å². The Balaban J connectivity index is 1.88. The zero-order chi connectivity index (χ0) is 21.1. The van der Waals surface area contributed by atoms with Crippen LogP contribution in [0.1, 0.15) is 10.4 Å². The second-order valence-corrected chi connectivity index (χ2v) is 6.44. The molecule has 0 amide bonds. The second-order valence-electron chi connectivity index (χ2n) is 6.44. The van der Waals surface area contributed by atoms with Crippen LogP contribution in [0.3, 0.4) is 0 Å². The molecular weight excluding hydrogens is 382 g/mol. The first-order valence-electron chi connectivity index (χ1n) is 9.08. The summed E-state index contributed by atoms with van der Waals surface area (Å²) in [5, 5.41) is 19.6. The Bertz CT molecular complexity index is 1210. The van der Waals surface area contributed by atoms with Gasteiger partial charge in [0.15, 0.2) is 17.5 Å². The van der Waals surface area contributed by atoms with Crippen molar-refractivity contribution in [3.05, 3.63) is 78.4 Å². The second kappa shape index (κ2) is 8.00. The molecule has 1 aromatic heterocycles. The van der Waals surface area contributed by atoms with Crippen molar-refractivity contribution in [3.8, 4) is 45.7 Å². The van der Waals surface area contributed by atoms with Gasteiger partial charge < -0.3 is 14.9 Å². The molecule has 0 atom stereocenters. The van der Waals surface area contributed by atoms with Gasteiger partial charge in [-0.25, -0.2) is 19.7 Å². The Hall–Kier alpha value is -4.26. The predicted octanol–water partition coefficient (Wildman–Crippen LogP) is 4.29. The highest BCUT2D eigenvalue weighted by Crippen LogP contribution is 2.32. The number of aromatic hydroxyl groups is 1. The zero-order valence-electron chi connectivity index (χ0n) is 16.0. The number of aromatic nitrogens is 3. The summed E-state index contributed by atoms with van der Waals surface area (Å²) in [6, 6.07) is 20.6. The molecule has 148 valence electrons. The van der Waals surface area contributed by atoms with Crippen LogP contribution in [0.4, 0.5) is 0 Å². The highest BCUT2D eigenvalue weighted by atomic mass is 16.5. The number of phenols is 1. The first-order chi connectivity index (χ1) is 14.5. The van der Waals surface area contributed by atoms with Crippen LogP contribution in [-0.2, 0) is 0 Å². The van der Waals surface area contributed by atoms with E-state index in [9.17, 15) is 9.90 Å². The van der Waals surface area contributed by atoms with Crippen LogP contribution in [0.2, 0.25) is 0 Å². The molecule has 3 aromatic carbocycles. The smallest absolute Gasteiger partial charge is 0.335 e. The molecule has 0 aliphatic heterocycles. The third kappa shape index (κ3) is 3.81. The number of carboxylic acids is 1. The molecule has 0 spiro atoms. The maximum absolute atomic E-state index is 11.1. The molecule has 7 heteroatoms. The van der Waals surface area contributed by atoms with Crippen molar-refractivity contribution in [1.82, 2.24) is 15.0 Å². The highest BCUT2D eigenvalue weighted by molar-refractivity contribution is 5.88. The number of aromatic carboxylic acids is 1. The van der Waals surface area contributed by atoms with Crippen LogP contribution in [-0.4, -0.2) is 38.2 Å². The molecule has 4 aromatic rings. The SMILES string of the molecule is COc1ccc(-c2nc(-c3ccccc3)nc(-c3ccc(C(=O)O)cc3)n2)c(O)c1. The van der Waals surface area contributed by atoms with Gasteiger partial charge in [0.25, 0.3) is 0 Å². The van der Waals surface area contributed by atoms with Gasteiger partial charge >= 0.3 is 5.97 Å². The lowest BCUT2D eigenvalue weighted by Crippen LogP contribution is -2.01. The summed E-state index contributed by atoms with van der Waals surface area (Å²) in [5.74, 6) is 0.580. The summed E-state index contributed by atoms with van der Waals surface area (Å²) in [6.45, 7) is 0. The number of carboxylic acid groups (broad SMARTS) is 1. The number of hydrogen-bond acceptors (Lipinski definition) is 6. The molecule has 0 aliphatic carbocycles. The van der Waals surface area contributed by atoms with Gasteiger partial charge in [-0.2, -0.15) is 0 Å². The number of methoxy groups -OCH3 is 1. The van der Waals surface area contributed by atoms with E-state index in [0.29, 0.717) is 34.3 Å². The van der Waals surface area contributed by atoms with Crippen LogP contribution >= 0.6 is 0 Å². The lowest BCUT2D eigenvalue weighted by atomic mass is 10.1. The Morgan fingerprint density at radius 1 is 0.800 bits per heavy atom. The summed E-state index contributed by atoms with van der Waals surface area (Å²) in [5.41, 5.74) is 2.02. The van der Waals surface area contributed by atoms with E-state index in [2.05, 4.69) is 15.0 Å². The third-order valence-electron chi connectivity index (χ3n) is 4.50. The molecule has 0 saturated heterocycles. The van der Waals surface area contributed by atoms with E-state index in [4.69, 9.17) is 9.84 Å². The van der Waals surface area contributed by atoms with Crippen molar-refractivity contribution < 1.29 is 19.7 Å². The maximum atomic E-state index is 11.1. The Morgan fingerprint density at radius 3 is 1.97 bits per heavy atom. The molecule has 7 nitrogen and oxygen atoms in total. The van der Waals surface area contributed by atoms with Crippen molar-refractivity contribution in [1.29, 1.82) is 0 Å². The molecule has 0 aliphatic rings. The number of rotatable bonds is 5. The van der Waals surface area contributed by atoms with E-state index in [1.54, 1.807) is 24.3 Å². The number of phenolic OH excluding ortho intramolecular Hbond substituents is 1. The van der Waals surface area contributed by atoms with E-state index >= 15 is 0 Å². The fourth-order valence-electron chi connectivity index (χ4n) is 2.93. The number of benzene rings is 3. The monoisotopic (exact) mass is 399 g/mol. The van der Waals surface area contributed by atoms with Crippen molar-refractivity contribution in [2.24, 2.45) is 0 Å². The standard InChI is InChI=1S/C23H17N3O4/c1-30-17-11-12-18(19(27)13-17)22-25-20(14-5-3-2-4-6-14)24-21(26-22)15-7-9-16(10-8-15)23(28)29/h2-13,27H,1H3,(H,28,29). The first kappa shape index (κ1) is 19.1. The predicted molar refractivity (Wildman–Crippen MR) is 111 cm³/mol. The van der Waals surface area contributed by atoms with Crippen molar-refractivity contribution in [2.75, 3.05) is 7.11 Å². The molecule has 0 saturated carbocycles. The summed E-state index contributed by atoms with van der Waals surface area (Å²) in [4.78, 5) is 24.8. The molecule has 0 unspecified atom stereocenters. The van der Waals surface area contributed by atoms with Crippen LogP contribution in [0.15, 0.2) is 72.8 Å². The highest BCUT2D eigenvalue weighted by Gasteiger charge is 2.15. The minimum atomic E-state index is -1.01. The van der Waals surface area contributed by atoms with E-state index in [0.717, 1.165) is 5.56 Å². The maximum Gasteiger partial charge on any atom is 0.335 e. The van der Waals surface area contributed by atoms with Crippen molar-refractivity contribution >= 4 is 5.97 Å². The van der Waals surface area contributed by atoms with E-state index in [1.807, 2.05) is 30.3 Å². The topological polar surface area (TPSA) is 105 Å². The molecule has 1 heterocycles. The average molecular weight is 399 g/mol. The number of nitrogens with zero attached hydrogens (tertiary/aromatic N) is 3. The van der Waals surface area contributed by atoms with Gasteiger partial charge in [0.2, 0.25) is 0 Å². The van der Waals surface area contributed by atoms with Crippen molar-refractivity contribution in [3.63, 3.8) is 0 Å². The minimum absolute atomic E-state index is 0.0215. The molecule has 0 radical (unpaired) electrons.